The molecule has 0 radical (unpaired) electrons. The summed E-state index contributed by atoms with van der Waals surface area (Å²) in [7, 11) is 0. The molecule has 0 atom stereocenters. The van der Waals surface area contributed by atoms with Crippen molar-refractivity contribution in [3.05, 3.63) is 392 Å². The molecule has 0 unspecified atom stereocenters. The van der Waals surface area contributed by atoms with E-state index in [1.165, 1.54) is 77.3 Å². The molecule has 20 rings (SSSR count). The molecular weight excluding hydrogens is 1350 g/mol. The maximum atomic E-state index is 5.05. The number of hydrogen-bond acceptors (Lipinski definition) is 6. The fraction of sp³-hybridized carbons (Fsp3) is 0.0105. The number of aromatic nitrogens is 9. The maximum Gasteiger partial charge on any atom is 0.164 e. The van der Waals surface area contributed by atoms with E-state index in [-0.39, 0.29) is 0 Å². The molecule has 0 amide bonds. The lowest BCUT2D eigenvalue weighted by molar-refractivity contribution is 1.07. The number of hydrogen-bond donors (Lipinski definition) is 0. The van der Waals surface area contributed by atoms with Crippen LogP contribution in [0.3, 0.4) is 0 Å². The van der Waals surface area contributed by atoms with E-state index in [0.717, 1.165) is 72.2 Å². The molecule has 0 bridgehead atoms. The molecule has 0 N–H and O–H groups in total. The van der Waals surface area contributed by atoms with Crippen molar-refractivity contribution in [1.29, 1.82) is 0 Å². The zero-order chi connectivity index (χ0) is 70.0. The summed E-state index contributed by atoms with van der Waals surface area (Å²) in [5.41, 5.74) is 24.3. The van der Waals surface area contributed by atoms with Crippen LogP contribution in [0.25, 0.3) is 162 Å². The molecule has 105 heavy (non-hydrogen) atoms. The highest BCUT2D eigenvalue weighted by Gasteiger charge is 2.26. The number of fused-ring (bicyclic) bond motifs is 10. The summed E-state index contributed by atoms with van der Waals surface area (Å²) in [4.78, 5) is 29.1. The molecule has 19 aromatic rings. The second kappa shape index (κ2) is 28.1. The van der Waals surface area contributed by atoms with Crippen LogP contribution in [0, 0.1) is 0 Å². The molecular formula is C95H64BrN9. The first kappa shape index (κ1) is 63.6. The van der Waals surface area contributed by atoms with Gasteiger partial charge in [-0.2, -0.15) is 0 Å². The van der Waals surface area contributed by atoms with Gasteiger partial charge in [0.2, 0.25) is 0 Å². The average Bonchev–Trinajstić information content (AvgIpc) is 1.56. The van der Waals surface area contributed by atoms with Crippen LogP contribution >= 0.6 is 15.9 Å². The van der Waals surface area contributed by atoms with E-state index in [2.05, 4.69) is 265 Å². The molecule has 0 aliphatic heterocycles. The Labute approximate surface area is 616 Å². The minimum Gasteiger partial charge on any atom is -0.316 e. The quantitative estimate of drug-likeness (QED) is 0.128. The third-order valence-electron chi connectivity index (χ3n) is 19.4. The van der Waals surface area contributed by atoms with Crippen LogP contribution in [-0.2, 0) is 6.42 Å². The van der Waals surface area contributed by atoms with Crippen molar-refractivity contribution in [1.82, 2.24) is 43.6 Å². The third-order valence-corrected chi connectivity index (χ3v) is 19.9. The highest BCUT2D eigenvalue weighted by atomic mass is 79.9. The molecule has 10 heteroatoms. The molecule has 496 valence electrons. The van der Waals surface area contributed by atoms with Crippen molar-refractivity contribution >= 4 is 59.5 Å². The second-order valence-corrected chi connectivity index (χ2v) is 26.8. The van der Waals surface area contributed by atoms with E-state index >= 15 is 0 Å². The van der Waals surface area contributed by atoms with E-state index in [4.69, 9.17) is 24.9 Å². The SMILES string of the molecule is Brc1cccc(-c2nc(-c3ccccc3)nc(-c3ccccc3)n2)c1.c1ccc(-c2cn(-c3ccccc3)c3c4c(ccc23)-c2ccccc2C4)cc1.c1ccc(-c2nc(-c3ccccc3)nc(-c3cccc(-n4c5ccccc5c5ccc6c(-c7ccccc7)cn(-c7ccccc7)c6c54)c3)n2)cc1. The largest absolute Gasteiger partial charge is 0.316 e. The van der Waals surface area contributed by atoms with Gasteiger partial charge in [-0.25, -0.2) is 29.9 Å². The van der Waals surface area contributed by atoms with Gasteiger partial charge in [-0.3, -0.25) is 0 Å². The summed E-state index contributed by atoms with van der Waals surface area (Å²) in [6.45, 7) is 0. The molecule has 14 aromatic carbocycles. The van der Waals surface area contributed by atoms with Gasteiger partial charge in [-0.05, 0) is 88.0 Å². The fourth-order valence-electron chi connectivity index (χ4n) is 14.6. The molecule has 0 saturated carbocycles. The van der Waals surface area contributed by atoms with Gasteiger partial charge in [0.25, 0.3) is 0 Å². The molecule has 9 nitrogen and oxygen atoms in total. The fourth-order valence-corrected chi connectivity index (χ4v) is 14.9. The predicted octanol–water partition coefficient (Wildman–Crippen LogP) is 24.1. The minimum atomic E-state index is 0.625. The summed E-state index contributed by atoms with van der Waals surface area (Å²) in [6, 6.07) is 126. The van der Waals surface area contributed by atoms with E-state index in [9.17, 15) is 0 Å². The third kappa shape index (κ3) is 12.4. The van der Waals surface area contributed by atoms with E-state index in [0.29, 0.717) is 34.9 Å². The monoisotopic (exact) mass is 1410 g/mol. The Morgan fingerprint density at radius 3 is 1.10 bits per heavy atom. The van der Waals surface area contributed by atoms with Crippen LogP contribution in [0.1, 0.15) is 11.1 Å². The van der Waals surface area contributed by atoms with Crippen molar-refractivity contribution in [3.8, 4) is 119 Å². The molecule has 0 saturated heterocycles. The normalized spacial score (nSPS) is 11.4. The number of rotatable bonds is 11. The standard InChI is InChI=1S/C47H31N5.C27H19N.C21H14BrN3/c1-5-16-32(17-6-1)41-31-51(36-23-11-4-12-24-36)43-40(41)29-28-39-38-26-13-14-27-42(38)52(44(39)43)37-25-15-22-35(30-37)47-49-45(33-18-7-2-8-19-33)48-46(50-47)34-20-9-3-10-21-34;1-3-9-19(10-4-1)26-18-28(21-12-5-2-6-13-21)27-24(26)16-15-23-22-14-8-7-11-20(22)17-25(23)27;22-18-13-7-12-17(14-18)21-24-19(15-8-3-1-4-9-15)23-20(25-21)16-10-5-2-6-11-16/h1-31H;1-16,18H,17H2;1-14H. The number of halogens is 1. The Morgan fingerprint density at radius 2 is 0.600 bits per heavy atom. The van der Waals surface area contributed by atoms with E-state index in [1.807, 2.05) is 146 Å². The lowest BCUT2D eigenvalue weighted by atomic mass is 9.99. The van der Waals surface area contributed by atoms with Crippen molar-refractivity contribution in [2.45, 2.75) is 6.42 Å². The van der Waals surface area contributed by atoms with Crippen LogP contribution in [0.4, 0.5) is 0 Å². The Kier molecular flexibility index (Phi) is 17.0. The Bertz CT molecular complexity index is 6230. The van der Waals surface area contributed by atoms with Crippen LogP contribution < -0.4 is 0 Å². The number of benzene rings is 14. The first-order valence-corrected chi connectivity index (χ1v) is 35.9. The van der Waals surface area contributed by atoms with Crippen LogP contribution in [0.2, 0.25) is 0 Å². The summed E-state index contributed by atoms with van der Waals surface area (Å²) in [6.07, 6.45) is 5.58. The predicted molar refractivity (Wildman–Crippen MR) is 434 cm³/mol. The zero-order valence-corrected chi connectivity index (χ0v) is 58.5. The number of para-hydroxylation sites is 3. The Hall–Kier alpha value is -13.5. The van der Waals surface area contributed by atoms with Gasteiger partial charge in [-0.15, -0.1) is 0 Å². The summed E-state index contributed by atoms with van der Waals surface area (Å²) in [5, 5.41) is 4.91. The summed E-state index contributed by atoms with van der Waals surface area (Å²) < 4.78 is 8.13. The van der Waals surface area contributed by atoms with Crippen molar-refractivity contribution in [3.63, 3.8) is 0 Å². The maximum absolute atomic E-state index is 5.05. The Balaban J connectivity index is 0.000000124. The molecule has 0 fully saturated rings. The highest BCUT2D eigenvalue weighted by molar-refractivity contribution is 9.10. The van der Waals surface area contributed by atoms with Gasteiger partial charge in [0.05, 0.1) is 22.1 Å². The first-order valence-electron chi connectivity index (χ1n) is 35.1. The van der Waals surface area contributed by atoms with Gasteiger partial charge in [0.1, 0.15) is 0 Å². The highest BCUT2D eigenvalue weighted by Crippen LogP contribution is 2.46. The minimum absolute atomic E-state index is 0.625. The lowest BCUT2D eigenvalue weighted by Gasteiger charge is -2.13. The molecule has 5 heterocycles. The average molecular weight is 1410 g/mol. The topological polar surface area (TPSA) is 92.1 Å². The molecule has 0 spiro atoms. The zero-order valence-electron chi connectivity index (χ0n) is 56.9. The van der Waals surface area contributed by atoms with Gasteiger partial charge in [0, 0.05) is 106 Å². The molecule has 1 aliphatic carbocycles. The van der Waals surface area contributed by atoms with Crippen LogP contribution in [0.15, 0.2) is 381 Å². The lowest BCUT2D eigenvalue weighted by Crippen LogP contribution is -2.01. The Morgan fingerprint density at radius 1 is 0.238 bits per heavy atom. The molecule has 5 aromatic heterocycles. The summed E-state index contributed by atoms with van der Waals surface area (Å²) >= 11 is 3.52. The van der Waals surface area contributed by atoms with Gasteiger partial charge in [0.15, 0.2) is 34.9 Å². The van der Waals surface area contributed by atoms with Crippen LogP contribution in [-0.4, -0.2) is 43.6 Å². The van der Waals surface area contributed by atoms with Gasteiger partial charge in [-0.1, -0.05) is 325 Å². The smallest absolute Gasteiger partial charge is 0.164 e. The van der Waals surface area contributed by atoms with Crippen molar-refractivity contribution in [2.24, 2.45) is 0 Å². The van der Waals surface area contributed by atoms with Crippen LogP contribution in [0.5, 0.6) is 0 Å². The van der Waals surface area contributed by atoms with Gasteiger partial charge < -0.3 is 13.7 Å². The van der Waals surface area contributed by atoms with E-state index < -0.39 is 0 Å². The second-order valence-electron chi connectivity index (χ2n) is 25.9. The first-order chi connectivity index (χ1) is 52.0. The molecule has 1 aliphatic rings. The number of nitrogens with zero attached hydrogens (tertiary/aromatic N) is 9. The summed E-state index contributed by atoms with van der Waals surface area (Å²) in [5.74, 6) is 3.91. The van der Waals surface area contributed by atoms with Crippen molar-refractivity contribution in [2.75, 3.05) is 0 Å². The van der Waals surface area contributed by atoms with E-state index in [1.54, 1.807) is 0 Å². The van der Waals surface area contributed by atoms with Gasteiger partial charge >= 0.3 is 0 Å². The van der Waals surface area contributed by atoms with Crippen molar-refractivity contribution < 1.29 is 0 Å².